The van der Waals surface area contributed by atoms with Crippen LogP contribution in [0.25, 0.3) is 0 Å². The highest BCUT2D eigenvalue weighted by Gasteiger charge is 2.24. The van der Waals surface area contributed by atoms with Crippen molar-refractivity contribution in [1.82, 2.24) is 0 Å². The van der Waals surface area contributed by atoms with Crippen LogP contribution in [-0.2, 0) is 4.74 Å². The molecule has 0 aromatic heterocycles. The molecule has 2 rings (SSSR count). The van der Waals surface area contributed by atoms with Crippen LogP contribution in [-0.4, -0.2) is 6.10 Å². The minimum atomic E-state index is 0.353. The maximum absolute atomic E-state index is 5.90. The maximum atomic E-state index is 5.90. The Labute approximate surface area is 93.5 Å². The Kier molecular flexibility index (Phi) is 5.41. The highest BCUT2D eigenvalue weighted by Crippen LogP contribution is 2.33. The zero-order valence-corrected chi connectivity index (χ0v) is 10.1. The van der Waals surface area contributed by atoms with Crippen LogP contribution in [0.4, 0.5) is 0 Å². The van der Waals surface area contributed by atoms with Crippen molar-refractivity contribution in [3.63, 3.8) is 0 Å². The van der Waals surface area contributed by atoms with E-state index in [1.54, 1.807) is 0 Å². The molecule has 1 aromatic rings. The van der Waals surface area contributed by atoms with E-state index < -0.39 is 0 Å². The first-order valence-electron chi connectivity index (χ1n) is 6.10. The van der Waals surface area contributed by atoms with Gasteiger partial charge in [-0.2, -0.15) is 0 Å². The lowest BCUT2D eigenvalue weighted by Crippen LogP contribution is -2.04. The summed E-state index contributed by atoms with van der Waals surface area (Å²) in [6.45, 7) is 6.19. The standard InChI is InChI=1S/C12H16O.C2H6/c1-2-11-8-9-12(13-11)10-6-4-3-5-7-10;1-2/h3-7,11-12H,2,8-9H2,1H3;1-2H3. The molecule has 2 atom stereocenters. The third-order valence-corrected chi connectivity index (χ3v) is 2.73. The third kappa shape index (κ3) is 3.35. The quantitative estimate of drug-likeness (QED) is 0.699. The normalized spacial score (nSPS) is 24.5. The summed E-state index contributed by atoms with van der Waals surface area (Å²) in [5, 5.41) is 0. The second-order valence-corrected chi connectivity index (χ2v) is 3.64. The molecule has 1 heteroatoms. The van der Waals surface area contributed by atoms with Crippen LogP contribution in [0, 0.1) is 0 Å². The highest BCUT2D eigenvalue weighted by atomic mass is 16.5. The predicted octanol–water partition coefficient (Wildman–Crippen LogP) is 4.34. The van der Waals surface area contributed by atoms with Gasteiger partial charge >= 0.3 is 0 Å². The third-order valence-electron chi connectivity index (χ3n) is 2.73. The number of hydrogen-bond acceptors (Lipinski definition) is 1. The van der Waals surface area contributed by atoms with Gasteiger partial charge in [0.05, 0.1) is 12.2 Å². The summed E-state index contributed by atoms with van der Waals surface area (Å²) >= 11 is 0. The molecular weight excluding hydrogens is 184 g/mol. The van der Waals surface area contributed by atoms with Crippen molar-refractivity contribution in [2.75, 3.05) is 0 Å². The Hall–Kier alpha value is -0.820. The molecule has 1 aromatic carbocycles. The van der Waals surface area contributed by atoms with E-state index in [0.717, 1.165) is 6.42 Å². The number of rotatable bonds is 2. The molecule has 1 saturated heterocycles. The number of ether oxygens (including phenoxy) is 1. The van der Waals surface area contributed by atoms with E-state index in [-0.39, 0.29) is 0 Å². The fourth-order valence-corrected chi connectivity index (χ4v) is 1.92. The molecule has 15 heavy (non-hydrogen) atoms. The van der Waals surface area contributed by atoms with Gasteiger partial charge in [0.2, 0.25) is 0 Å². The SMILES string of the molecule is CC.CCC1CCC(c2ccccc2)O1. The summed E-state index contributed by atoms with van der Waals surface area (Å²) in [6.07, 6.45) is 4.39. The summed E-state index contributed by atoms with van der Waals surface area (Å²) in [5.74, 6) is 0. The van der Waals surface area contributed by atoms with E-state index in [1.165, 1.54) is 18.4 Å². The lowest BCUT2D eigenvalue weighted by Gasteiger charge is -2.12. The molecular formula is C14H22O. The molecule has 0 N–H and O–H groups in total. The predicted molar refractivity (Wildman–Crippen MR) is 64.9 cm³/mol. The molecule has 1 heterocycles. The molecule has 0 aliphatic carbocycles. The average molecular weight is 206 g/mol. The Morgan fingerprint density at radius 3 is 2.33 bits per heavy atom. The number of benzene rings is 1. The molecule has 0 spiro atoms. The second kappa shape index (κ2) is 6.62. The van der Waals surface area contributed by atoms with Crippen molar-refractivity contribution >= 4 is 0 Å². The minimum Gasteiger partial charge on any atom is -0.370 e. The lowest BCUT2D eigenvalue weighted by molar-refractivity contribution is 0.0428. The zero-order valence-electron chi connectivity index (χ0n) is 10.1. The smallest absolute Gasteiger partial charge is 0.0829 e. The van der Waals surface area contributed by atoms with Crippen molar-refractivity contribution in [2.45, 2.75) is 52.2 Å². The Morgan fingerprint density at radius 2 is 1.80 bits per heavy atom. The molecule has 84 valence electrons. The molecule has 0 bridgehead atoms. The van der Waals surface area contributed by atoms with Crippen LogP contribution < -0.4 is 0 Å². The monoisotopic (exact) mass is 206 g/mol. The molecule has 1 nitrogen and oxygen atoms in total. The van der Waals surface area contributed by atoms with Gasteiger partial charge < -0.3 is 4.74 Å². The van der Waals surface area contributed by atoms with Gasteiger partial charge in [-0.15, -0.1) is 0 Å². The zero-order chi connectivity index (χ0) is 11.1. The molecule has 1 aliphatic rings. The maximum Gasteiger partial charge on any atom is 0.0829 e. The topological polar surface area (TPSA) is 9.23 Å². The van der Waals surface area contributed by atoms with Gasteiger partial charge in [-0.25, -0.2) is 0 Å². The second-order valence-electron chi connectivity index (χ2n) is 3.64. The fourth-order valence-electron chi connectivity index (χ4n) is 1.92. The summed E-state index contributed by atoms with van der Waals surface area (Å²) in [6, 6.07) is 10.5. The van der Waals surface area contributed by atoms with E-state index in [0.29, 0.717) is 12.2 Å². The van der Waals surface area contributed by atoms with E-state index in [4.69, 9.17) is 4.74 Å². The Morgan fingerprint density at radius 1 is 1.13 bits per heavy atom. The molecule has 1 aliphatic heterocycles. The lowest BCUT2D eigenvalue weighted by atomic mass is 10.1. The van der Waals surface area contributed by atoms with Crippen LogP contribution in [0.15, 0.2) is 30.3 Å². The first-order valence-corrected chi connectivity index (χ1v) is 6.10. The van der Waals surface area contributed by atoms with Crippen molar-refractivity contribution in [2.24, 2.45) is 0 Å². The van der Waals surface area contributed by atoms with E-state index in [9.17, 15) is 0 Å². The van der Waals surface area contributed by atoms with Crippen LogP contribution >= 0.6 is 0 Å². The van der Waals surface area contributed by atoms with Gasteiger partial charge in [-0.05, 0) is 24.8 Å². The van der Waals surface area contributed by atoms with E-state index >= 15 is 0 Å². The molecule has 1 fully saturated rings. The van der Waals surface area contributed by atoms with Crippen LogP contribution in [0.3, 0.4) is 0 Å². The number of hydrogen-bond donors (Lipinski definition) is 0. The minimum absolute atomic E-state index is 0.353. The Balaban J connectivity index is 0.000000531. The highest BCUT2D eigenvalue weighted by molar-refractivity contribution is 5.18. The van der Waals surface area contributed by atoms with Gasteiger partial charge in [0.1, 0.15) is 0 Å². The van der Waals surface area contributed by atoms with Crippen LogP contribution in [0.1, 0.15) is 51.7 Å². The van der Waals surface area contributed by atoms with Gasteiger partial charge in [0.15, 0.2) is 0 Å². The van der Waals surface area contributed by atoms with Gasteiger partial charge in [0.25, 0.3) is 0 Å². The molecule has 2 unspecified atom stereocenters. The summed E-state index contributed by atoms with van der Waals surface area (Å²) < 4.78 is 5.90. The largest absolute Gasteiger partial charge is 0.370 e. The molecule has 0 saturated carbocycles. The average Bonchev–Trinajstić information content (AvgIpc) is 2.81. The van der Waals surface area contributed by atoms with Crippen molar-refractivity contribution in [1.29, 1.82) is 0 Å². The van der Waals surface area contributed by atoms with Crippen LogP contribution in [0.2, 0.25) is 0 Å². The van der Waals surface area contributed by atoms with Crippen LogP contribution in [0.5, 0.6) is 0 Å². The molecule has 0 radical (unpaired) electrons. The van der Waals surface area contributed by atoms with Crippen molar-refractivity contribution in [3.8, 4) is 0 Å². The van der Waals surface area contributed by atoms with Gasteiger partial charge in [0, 0.05) is 0 Å². The van der Waals surface area contributed by atoms with Gasteiger partial charge in [-0.3, -0.25) is 0 Å². The fraction of sp³-hybridized carbons (Fsp3) is 0.571. The summed E-state index contributed by atoms with van der Waals surface area (Å²) in [5.41, 5.74) is 1.33. The van der Waals surface area contributed by atoms with E-state index in [2.05, 4.69) is 37.3 Å². The van der Waals surface area contributed by atoms with Crippen molar-refractivity contribution in [3.05, 3.63) is 35.9 Å². The van der Waals surface area contributed by atoms with Crippen molar-refractivity contribution < 1.29 is 4.74 Å². The summed E-state index contributed by atoms with van der Waals surface area (Å²) in [7, 11) is 0. The first-order chi connectivity index (χ1) is 7.40. The summed E-state index contributed by atoms with van der Waals surface area (Å²) in [4.78, 5) is 0. The van der Waals surface area contributed by atoms with E-state index in [1.807, 2.05) is 13.8 Å². The first kappa shape index (κ1) is 12.3. The molecule has 0 amide bonds. The van der Waals surface area contributed by atoms with Gasteiger partial charge in [-0.1, -0.05) is 51.1 Å². The Bertz CT molecular complexity index is 255.